The molecule has 82 valence electrons. The van der Waals surface area contributed by atoms with Crippen LogP contribution in [0.5, 0.6) is 0 Å². The van der Waals surface area contributed by atoms with Crippen LogP contribution in [0.2, 0.25) is 0 Å². The molecular weight excluding hydrogens is 176 g/mol. The Balaban J connectivity index is 1.96. The van der Waals surface area contributed by atoms with Crippen LogP contribution in [-0.2, 0) is 4.79 Å². The molecule has 1 fully saturated rings. The largest absolute Gasteiger partial charge is 0.356 e. The van der Waals surface area contributed by atoms with E-state index in [9.17, 15) is 4.79 Å². The maximum Gasteiger partial charge on any atom is 0.220 e. The first-order chi connectivity index (χ1) is 6.72. The Morgan fingerprint density at radius 1 is 1.57 bits per heavy atom. The Labute approximate surface area is 86.4 Å². The quantitative estimate of drug-likeness (QED) is 0.675. The molecule has 3 N–H and O–H groups in total. The lowest BCUT2D eigenvalue weighted by molar-refractivity contribution is -0.121. The molecule has 14 heavy (non-hydrogen) atoms. The second-order valence-corrected chi connectivity index (χ2v) is 4.48. The fourth-order valence-electron chi connectivity index (χ4n) is 1.67. The van der Waals surface area contributed by atoms with E-state index in [-0.39, 0.29) is 5.91 Å². The van der Waals surface area contributed by atoms with Gasteiger partial charge >= 0.3 is 0 Å². The average molecular weight is 198 g/mol. The van der Waals surface area contributed by atoms with Crippen LogP contribution in [0.3, 0.4) is 0 Å². The first-order valence-electron chi connectivity index (χ1n) is 5.69. The topological polar surface area (TPSA) is 55.1 Å². The van der Waals surface area contributed by atoms with Gasteiger partial charge in [0.15, 0.2) is 0 Å². The van der Waals surface area contributed by atoms with Gasteiger partial charge in [0.25, 0.3) is 0 Å². The zero-order chi connectivity index (χ0) is 10.4. The van der Waals surface area contributed by atoms with Gasteiger partial charge in [-0.1, -0.05) is 26.2 Å². The molecule has 0 aromatic heterocycles. The van der Waals surface area contributed by atoms with Gasteiger partial charge in [-0.15, -0.1) is 0 Å². The Kier molecular flexibility index (Phi) is 4.94. The summed E-state index contributed by atoms with van der Waals surface area (Å²) in [5.74, 6) is 1.34. The molecule has 0 spiro atoms. The van der Waals surface area contributed by atoms with Crippen molar-refractivity contribution in [2.24, 2.45) is 17.6 Å². The van der Waals surface area contributed by atoms with Crippen molar-refractivity contribution in [3.8, 4) is 0 Å². The lowest BCUT2D eigenvalue weighted by Crippen LogP contribution is -2.29. The fraction of sp³-hybridized carbons (Fsp3) is 0.909. The number of carbonyl (C=O) groups excluding carboxylic acids is 1. The minimum atomic E-state index is 0.155. The predicted molar refractivity (Wildman–Crippen MR) is 57.8 cm³/mol. The molecule has 1 saturated carbocycles. The van der Waals surface area contributed by atoms with Crippen LogP contribution in [0, 0.1) is 11.8 Å². The molecule has 0 radical (unpaired) electrons. The maximum absolute atomic E-state index is 11.3. The van der Waals surface area contributed by atoms with Crippen LogP contribution in [0.25, 0.3) is 0 Å². The summed E-state index contributed by atoms with van der Waals surface area (Å²) in [6.07, 6.45) is 5.82. The van der Waals surface area contributed by atoms with Gasteiger partial charge in [0.2, 0.25) is 5.91 Å². The molecule has 0 aliphatic heterocycles. The summed E-state index contributed by atoms with van der Waals surface area (Å²) in [5.41, 5.74) is 5.45. The zero-order valence-corrected chi connectivity index (χ0v) is 9.09. The first kappa shape index (κ1) is 11.5. The summed E-state index contributed by atoms with van der Waals surface area (Å²) >= 11 is 0. The van der Waals surface area contributed by atoms with Crippen molar-refractivity contribution in [2.45, 2.75) is 39.0 Å². The van der Waals surface area contributed by atoms with Gasteiger partial charge in [-0.3, -0.25) is 4.79 Å². The molecule has 0 aromatic carbocycles. The van der Waals surface area contributed by atoms with Crippen molar-refractivity contribution in [3.05, 3.63) is 0 Å². The van der Waals surface area contributed by atoms with Gasteiger partial charge in [-0.2, -0.15) is 0 Å². The number of nitrogens with one attached hydrogen (secondary N) is 1. The molecule has 0 bridgehead atoms. The van der Waals surface area contributed by atoms with E-state index in [2.05, 4.69) is 5.32 Å². The monoisotopic (exact) mass is 198 g/mol. The van der Waals surface area contributed by atoms with E-state index < -0.39 is 0 Å². The molecule has 1 aliphatic carbocycles. The van der Waals surface area contributed by atoms with Crippen LogP contribution in [-0.4, -0.2) is 19.0 Å². The minimum Gasteiger partial charge on any atom is -0.356 e. The highest BCUT2D eigenvalue weighted by molar-refractivity contribution is 5.76. The van der Waals surface area contributed by atoms with Gasteiger partial charge in [0.05, 0.1) is 0 Å². The Hall–Kier alpha value is -0.570. The second kappa shape index (κ2) is 6.02. The van der Waals surface area contributed by atoms with E-state index in [1.807, 2.05) is 6.92 Å². The Morgan fingerprint density at radius 3 is 2.79 bits per heavy atom. The molecule has 1 aliphatic rings. The summed E-state index contributed by atoms with van der Waals surface area (Å²) in [6, 6.07) is 0. The molecule has 0 saturated heterocycles. The minimum absolute atomic E-state index is 0.155. The SMILES string of the molecule is CC(CN)CC(=O)NCCC1CCC1. The summed E-state index contributed by atoms with van der Waals surface area (Å²) in [7, 11) is 0. The van der Waals surface area contributed by atoms with Gasteiger partial charge in [0.1, 0.15) is 0 Å². The third-order valence-corrected chi connectivity index (χ3v) is 3.04. The highest BCUT2D eigenvalue weighted by Gasteiger charge is 2.16. The molecule has 0 aromatic rings. The second-order valence-electron chi connectivity index (χ2n) is 4.48. The van der Waals surface area contributed by atoms with E-state index >= 15 is 0 Å². The Morgan fingerprint density at radius 2 is 2.29 bits per heavy atom. The lowest BCUT2D eigenvalue weighted by atomic mass is 9.83. The van der Waals surface area contributed by atoms with E-state index in [4.69, 9.17) is 5.73 Å². The predicted octanol–water partition coefficient (Wildman–Crippen LogP) is 1.28. The first-order valence-corrected chi connectivity index (χ1v) is 5.69. The summed E-state index contributed by atoms with van der Waals surface area (Å²) < 4.78 is 0. The van der Waals surface area contributed by atoms with Gasteiger partial charge in [0, 0.05) is 13.0 Å². The van der Waals surface area contributed by atoms with E-state index in [0.29, 0.717) is 18.9 Å². The molecule has 1 amide bonds. The number of carbonyl (C=O) groups is 1. The normalized spacial score (nSPS) is 18.7. The van der Waals surface area contributed by atoms with E-state index in [0.717, 1.165) is 18.9 Å². The van der Waals surface area contributed by atoms with Crippen LogP contribution < -0.4 is 11.1 Å². The standard InChI is InChI=1S/C11H22N2O/c1-9(8-12)7-11(14)13-6-5-10-3-2-4-10/h9-10H,2-8,12H2,1H3,(H,13,14). The summed E-state index contributed by atoms with van der Waals surface area (Å²) in [5, 5.41) is 2.95. The third-order valence-electron chi connectivity index (χ3n) is 3.04. The van der Waals surface area contributed by atoms with Crippen LogP contribution in [0.1, 0.15) is 39.0 Å². The van der Waals surface area contributed by atoms with Crippen LogP contribution in [0.15, 0.2) is 0 Å². The van der Waals surface area contributed by atoms with E-state index in [1.54, 1.807) is 0 Å². The number of nitrogens with two attached hydrogens (primary N) is 1. The Bertz CT molecular complexity index is 178. The van der Waals surface area contributed by atoms with Crippen molar-refractivity contribution in [3.63, 3.8) is 0 Å². The highest BCUT2D eigenvalue weighted by Crippen LogP contribution is 2.28. The fourth-order valence-corrected chi connectivity index (χ4v) is 1.67. The highest BCUT2D eigenvalue weighted by atomic mass is 16.1. The smallest absolute Gasteiger partial charge is 0.220 e. The third kappa shape index (κ3) is 4.09. The molecule has 1 unspecified atom stereocenters. The zero-order valence-electron chi connectivity index (χ0n) is 9.09. The van der Waals surface area contributed by atoms with Crippen molar-refractivity contribution >= 4 is 5.91 Å². The number of hydrogen-bond acceptors (Lipinski definition) is 2. The number of hydrogen-bond donors (Lipinski definition) is 2. The van der Waals surface area contributed by atoms with Gasteiger partial charge in [-0.05, 0) is 24.8 Å². The number of rotatable bonds is 6. The summed E-state index contributed by atoms with van der Waals surface area (Å²) in [6.45, 7) is 3.45. The van der Waals surface area contributed by atoms with Crippen molar-refractivity contribution in [1.82, 2.24) is 5.32 Å². The molecular formula is C11H22N2O. The van der Waals surface area contributed by atoms with Crippen molar-refractivity contribution in [2.75, 3.05) is 13.1 Å². The van der Waals surface area contributed by atoms with Crippen LogP contribution >= 0.6 is 0 Å². The maximum atomic E-state index is 11.3. The average Bonchev–Trinajstić information content (AvgIpc) is 2.09. The lowest BCUT2D eigenvalue weighted by Gasteiger charge is -2.25. The number of amides is 1. The molecule has 1 atom stereocenters. The van der Waals surface area contributed by atoms with Crippen molar-refractivity contribution < 1.29 is 4.79 Å². The molecule has 3 nitrogen and oxygen atoms in total. The summed E-state index contributed by atoms with van der Waals surface area (Å²) in [4.78, 5) is 11.3. The molecule has 1 rings (SSSR count). The molecule has 0 heterocycles. The van der Waals surface area contributed by atoms with E-state index in [1.165, 1.54) is 19.3 Å². The van der Waals surface area contributed by atoms with Gasteiger partial charge < -0.3 is 11.1 Å². The molecule has 3 heteroatoms. The van der Waals surface area contributed by atoms with Crippen LogP contribution in [0.4, 0.5) is 0 Å². The van der Waals surface area contributed by atoms with Crippen molar-refractivity contribution in [1.29, 1.82) is 0 Å². The van der Waals surface area contributed by atoms with Gasteiger partial charge in [-0.25, -0.2) is 0 Å².